The highest BCUT2D eigenvalue weighted by Crippen LogP contribution is 2.30. The van der Waals surface area contributed by atoms with Crippen molar-refractivity contribution < 1.29 is 55.1 Å². The van der Waals surface area contributed by atoms with Crippen molar-refractivity contribution in [2.24, 2.45) is 82.3 Å². The first-order valence-electron chi connectivity index (χ1n) is 30.5. The normalized spacial score (nSPS) is 11.6. The number of sulfone groups is 2. The third-order valence-corrected chi connectivity index (χ3v) is 17.0. The summed E-state index contributed by atoms with van der Waals surface area (Å²) in [6, 6.07) is 32.1. The molecule has 6 amide bonds. The van der Waals surface area contributed by atoms with Gasteiger partial charge < -0.3 is 85.8 Å². The molecule has 0 bridgehead atoms. The number of guanidine groups is 5. The number of aromatic nitrogens is 2. The lowest BCUT2D eigenvalue weighted by atomic mass is 10.0. The number of furan rings is 1. The molecule has 31 nitrogen and oxygen atoms in total. The predicted octanol–water partition coefficient (Wildman–Crippen LogP) is 3.60. The molecule has 9 rings (SSSR count). The molecule has 0 spiro atoms. The molecule has 0 atom stereocenters. The third-order valence-electron chi connectivity index (χ3n) is 14.7. The molecule has 0 saturated carbocycles. The highest BCUT2D eigenvalue weighted by Gasteiger charge is 2.28. The summed E-state index contributed by atoms with van der Waals surface area (Å²) in [5, 5.41) is 9.24. The van der Waals surface area contributed by atoms with Crippen LogP contribution < -0.4 is 62.2 Å². The number of carbonyl (C=O) groups excluding carboxylic acids is 6. The van der Waals surface area contributed by atoms with E-state index in [0.29, 0.717) is 59.7 Å². The van der Waals surface area contributed by atoms with Crippen molar-refractivity contribution in [3.63, 3.8) is 0 Å². The maximum Gasteiger partial charge on any atom is 0.289 e. The largest absolute Gasteiger partial charge is 0.459 e. The van der Waals surface area contributed by atoms with Crippen LogP contribution in [-0.4, -0.2) is 140 Å². The lowest BCUT2D eigenvalue weighted by molar-refractivity contribution is 0.0713. The first kappa shape index (κ1) is 79.5. The summed E-state index contributed by atoms with van der Waals surface area (Å²) in [5.41, 5.74) is 61.8. The van der Waals surface area contributed by atoms with E-state index in [1.54, 1.807) is 59.5 Å². The first-order valence-corrected chi connectivity index (χ1v) is 34.2. The van der Waals surface area contributed by atoms with Gasteiger partial charge in [0.05, 0.1) is 28.3 Å². The Morgan fingerprint density at radius 1 is 0.465 bits per heavy atom. The predicted molar refractivity (Wildman–Crippen MR) is 388 cm³/mol. The Labute approximate surface area is 583 Å². The lowest BCUT2D eigenvalue weighted by Crippen LogP contribution is -2.49. The van der Waals surface area contributed by atoms with Gasteiger partial charge in [-0.3, -0.25) is 28.8 Å². The molecule has 534 valence electrons. The van der Waals surface area contributed by atoms with Gasteiger partial charge in [0, 0.05) is 103 Å². The molecule has 0 aliphatic carbocycles. The fourth-order valence-corrected chi connectivity index (χ4v) is 11.8. The van der Waals surface area contributed by atoms with Gasteiger partial charge in [0.15, 0.2) is 55.2 Å². The molecule has 4 heterocycles. The van der Waals surface area contributed by atoms with E-state index in [0.717, 1.165) is 51.7 Å². The van der Waals surface area contributed by atoms with Crippen molar-refractivity contribution in [2.45, 2.75) is 70.8 Å². The van der Waals surface area contributed by atoms with Gasteiger partial charge >= 0.3 is 0 Å². The minimum atomic E-state index is -3.63. The lowest BCUT2D eigenvalue weighted by Gasteiger charge is -2.36. The zero-order chi connectivity index (χ0) is 75.4. The van der Waals surface area contributed by atoms with Crippen molar-refractivity contribution in [1.29, 1.82) is 0 Å². The molecule has 1 fully saturated rings. The van der Waals surface area contributed by atoms with Gasteiger partial charge in [-0.2, -0.15) is 25.0 Å². The van der Waals surface area contributed by atoms with Crippen molar-refractivity contribution in [3.05, 3.63) is 219 Å². The Hall–Kier alpha value is -12.2. The van der Waals surface area contributed by atoms with Crippen molar-refractivity contribution in [3.8, 4) is 11.4 Å². The van der Waals surface area contributed by atoms with E-state index in [4.69, 9.17) is 61.8 Å². The quantitative estimate of drug-likeness (QED) is 0.0580. The van der Waals surface area contributed by atoms with Gasteiger partial charge in [0.25, 0.3) is 35.4 Å². The van der Waals surface area contributed by atoms with Gasteiger partial charge in [0.1, 0.15) is 0 Å². The summed E-state index contributed by atoms with van der Waals surface area (Å²) in [6.45, 7) is 14.9. The van der Waals surface area contributed by atoms with Crippen LogP contribution in [0.1, 0.15) is 121 Å². The molecule has 3 aromatic heterocycles. The zero-order valence-electron chi connectivity index (χ0n) is 57.0. The van der Waals surface area contributed by atoms with Gasteiger partial charge in [-0.15, -0.1) is 0 Å². The monoisotopic (exact) mass is 1420 g/mol. The molecular weight excluding hydrogens is 1340 g/mol. The number of carbonyl (C=O) groups is 6. The number of amides is 6. The van der Waals surface area contributed by atoms with Crippen molar-refractivity contribution in [1.82, 2.24) is 14.0 Å². The van der Waals surface area contributed by atoms with Crippen LogP contribution in [0.4, 0.5) is 5.69 Å². The average Bonchev–Trinajstić information content (AvgIpc) is 1.13. The number of piperazine rings is 1. The van der Waals surface area contributed by atoms with Gasteiger partial charge in [0.2, 0.25) is 0 Å². The number of rotatable bonds is 13. The molecule has 21 N–H and O–H groups in total. The fraction of sp³-hybridized carbons (Fsp3) is 0.221. The Bertz CT molecular complexity index is 4730. The van der Waals surface area contributed by atoms with E-state index < -0.39 is 55.2 Å². The second-order valence-corrected chi connectivity index (χ2v) is 27.0. The van der Waals surface area contributed by atoms with Crippen LogP contribution in [0, 0.1) is 34.6 Å². The number of nitrogens with two attached hydrogens (primary N) is 10. The molecule has 0 radical (unpaired) electrons. The second kappa shape index (κ2) is 35.3. The number of aliphatic imine (C=N–C) groups is 5. The Morgan fingerprint density at radius 3 is 1.36 bits per heavy atom. The molecule has 1 saturated heterocycles. The Kier molecular flexibility index (Phi) is 27.8. The average molecular weight is 1420 g/mol. The maximum absolute atomic E-state index is 12.4. The number of aryl methyl sites for hydroxylation is 5. The summed E-state index contributed by atoms with van der Waals surface area (Å²) in [4.78, 5) is 92.4. The van der Waals surface area contributed by atoms with E-state index in [2.05, 4.69) is 25.0 Å². The Balaban J connectivity index is 0.000000232. The van der Waals surface area contributed by atoms with Crippen LogP contribution in [0.15, 0.2) is 185 Å². The van der Waals surface area contributed by atoms with Crippen molar-refractivity contribution >= 4 is 90.6 Å². The van der Waals surface area contributed by atoms with E-state index in [1.807, 2.05) is 124 Å². The molecule has 33 heteroatoms. The smallest absolute Gasteiger partial charge is 0.289 e. The summed E-state index contributed by atoms with van der Waals surface area (Å²) in [7, 11) is -7.06. The van der Waals surface area contributed by atoms with Crippen LogP contribution in [0.3, 0.4) is 0 Å². The molecule has 0 unspecified atom stereocenters. The molecule has 8 aromatic rings. The second-order valence-electron chi connectivity index (χ2n) is 23.0. The topological polar surface area (TPSA) is 542 Å². The summed E-state index contributed by atoms with van der Waals surface area (Å²) in [6.07, 6.45) is 11.2. The third kappa shape index (κ3) is 23.2. The molecule has 1 aliphatic heterocycles. The van der Waals surface area contributed by atoms with Gasteiger partial charge in [-0.05, 0) is 183 Å². The van der Waals surface area contributed by atoms with Gasteiger partial charge in [-0.1, -0.05) is 26.0 Å². The van der Waals surface area contributed by atoms with Crippen LogP contribution in [0.25, 0.3) is 11.4 Å². The number of hydrogen-bond donors (Lipinski definition) is 11. The van der Waals surface area contributed by atoms with E-state index in [9.17, 15) is 50.7 Å². The van der Waals surface area contributed by atoms with Crippen LogP contribution >= 0.6 is 0 Å². The van der Waals surface area contributed by atoms with E-state index in [1.165, 1.54) is 30.5 Å². The first-order chi connectivity index (χ1) is 47.3. The molecular formula is C68H83N19O12S2. The summed E-state index contributed by atoms with van der Waals surface area (Å²) in [5.74, 6) is -4.16. The van der Waals surface area contributed by atoms with Crippen LogP contribution in [0.5, 0.6) is 0 Å². The summed E-state index contributed by atoms with van der Waals surface area (Å²) < 4.78 is 57.1. The number of benzene rings is 5. The fourth-order valence-electron chi connectivity index (χ4n) is 9.82. The standard InChI is InChI=1S/C18H21N5O5S.C14H16N4O.C13H14N4O2.C12H17N3O3S.C11H15N3O/c1-29(26,27)15-11-12(16(24)21-18(19)20)4-5-13(15)22-6-8-23(9-7-22)17(25)14-3-2-10-28-14;1-9-8-12(18-5-3-4-6-18)10(2)7-11(9)13(19)17-14(15)16;14-13(15)16-12(19)10-5-9(8-18)6-11(7-10)17-3-1-2-4-17;1-7(2)9-5-4-8(11(16)15-12(13)14)6-10(9)19(3,17)18;1-6-4-8(3)9(5-7(6)2)10(15)14-11(12)13/h2-5,10-11H,6-9H2,1H3,(H4,19,20,21,24);3-8H,1-2H3,(H4,15,16,17,19);1-7,18H,8H2,(H4,14,15,16,19);4-7H,1-3H3,(H4,13,14,15,16);4-5H,1-3H3,(H4,12,13,14,15). The molecule has 1 aliphatic rings. The van der Waals surface area contributed by atoms with E-state index in [-0.39, 0.29) is 68.9 Å². The SMILES string of the molecule is CC(C)c1ccc(C(=O)N=C(N)N)cc1S(C)(=O)=O.CS(=O)(=O)c1cc(C(=O)N=C(N)N)ccc1N1CCN(C(=O)c2ccco2)CC1.Cc1cc(-n2cccc2)c(C)cc1C(=O)N=C(N)N.Cc1cc(C)c(C(=O)N=C(N)N)cc1C.NC(N)=NC(=O)c1cc(CO)cc(-n2cccc2)c1. The minimum absolute atomic E-state index is 0.0000426. The Morgan fingerprint density at radius 2 is 0.901 bits per heavy atom. The van der Waals surface area contributed by atoms with Gasteiger partial charge in [-0.25, -0.2) is 16.8 Å². The number of aliphatic hydroxyl groups is 1. The molecule has 5 aromatic carbocycles. The zero-order valence-corrected chi connectivity index (χ0v) is 58.7. The van der Waals surface area contributed by atoms with Crippen LogP contribution in [-0.2, 0) is 26.3 Å². The molecule has 101 heavy (non-hydrogen) atoms. The number of aliphatic hydroxyl groups excluding tert-OH is 1. The number of anilines is 1. The summed E-state index contributed by atoms with van der Waals surface area (Å²) >= 11 is 0. The van der Waals surface area contributed by atoms with Crippen LogP contribution in [0.2, 0.25) is 0 Å². The highest BCUT2D eigenvalue weighted by molar-refractivity contribution is 7.91. The number of hydrogen-bond acceptors (Lipinski definition) is 13. The highest BCUT2D eigenvalue weighted by atomic mass is 32.2. The minimum Gasteiger partial charge on any atom is -0.459 e. The maximum atomic E-state index is 12.4. The van der Waals surface area contributed by atoms with E-state index >= 15 is 0 Å². The van der Waals surface area contributed by atoms with Crippen molar-refractivity contribution in [2.75, 3.05) is 43.6 Å². The number of nitrogens with zero attached hydrogens (tertiary/aromatic N) is 9.